The fraction of sp³-hybridized carbons (Fsp3) is 0.444. The zero-order valence-corrected chi connectivity index (χ0v) is 15.7. The standard InChI is InChI=1S/C18H21N5O3S/c1-26-16-5-12(17(24)21-8-13-9-27-10-22-13)2-3-14(16)23-18(25)15-4-11(6-19)7-20-15/h4,7,9-10,12,14,16,20H,2-3,5,8H2,1H3,(H,21,24)(H,23,25)/t12-,14+,16+/m0/s1. The summed E-state index contributed by atoms with van der Waals surface area (Å²) in [6, 6.07) is 3.31. The van der Waals surface area contributed by atoms with Crippen molar-refractivity contribution in [1.29, 1.82) is 5.26 Å². The number of aromatic amines is 1. The van der Waals surface area contributed by atoms with Crippen molar-refractivity contribution in [1.82, 2.24) is 20.6 Å². The first-order valence-corrected chi connectivity index (χ1v) is 9.62. The molecule has 0 unspecified atom stereocenters. The van der Waals surface area contributed by atoms with E-state index < -0.39 is 0 Å². The third kappa shape index (κ3) is 4.72. The maximum Gasteiger partial charge on any atom is 0.268 e. The number of aromatic nitrogens is 2. The molecule has 1 aliphatic carbocycles. The summed E-state index contributed by atoms with van der Waals surface area (Å²) in [4.78, 5) is 31.7. The van der Waals surface area contributed by atoms with Crippen LogP contribution >= 0.6 is 11.3 Å². The van der Waals surface area contributed by atoms with E-state index in [-0.39, 0.29) is 29.9 Å². The van der Waals surface area contributed by atoms with Crippen LogP contribution in [0.5, 0.6) is 0 Å². The first-order valence-electron chi connectivity index (χ1n) is 8.67. The van der Waals surface area contributed by atoms with Crippen LogP contribution in [-0.2, 0) is 16.1 Å². The van der Waals surface area contributed by atoms with Gasteiger partial charge >= 0.3 is 0 Å². The Morgan fingerprint density at radius 3 is 3.00 bits per heavy atom. The number of methoxy groups -OCH3 is 1. The molecule has 9 heteroatoms. The van der Waals surface area contributed by atoms with Crippen LogP contribution in [0.25, 0.3) is 0 Å². The molecule has 0 spiro atoms. The first-order chi connectivity index (χ1) is 13.1. The lowest BCUT2D eigenvalue weighted by atomic mass is 9.83. The number of amides is 2. The van der Waals surface area contributed by atoms with Crippen LogP contribution in [0.3, 0.4) is 0 Å². The highest BCUT2D eigenvalue weighted by molar-refractivity contribution is 7.07. The van der Waals surface area contributed by atoms with Gasteiger partial charge in [-0.2, -0.15) is 5.26 Å². The Morgan fingerprint density at radius 1 is 1.48 bits per heavy atom. The number of carbonyl (C=O) groups is 2. The lowest BCUT2D eigenvalue weighted by molar-refractivity contribution is -0.128. The number of hydrogen-bond donors (Lipinski definition) is 3. The normalized spacial score (nSPS) is 22.0. The molecule has 3 N–H and O–H groups in total. The monoisotopic (exact) mass is 387 g/mol. The zero-order chi connectivity index (χ0) is 19.2. The van der Waals surface area contributed by atoms with Gasteiger partial charge in [0.1, 0.15) is 11.8 Å². The molecule has 2 heterocycles. The van der Waals surface area contributed by atoms with Gasteiger partial charge in [0.2, 0.25) is 5.91 Å². The minimum Gasteiger partial charge on any atom is -0.379 e. The van der Waals surface area contributed by atoms with Gasteiger partial charge in [0, 0.05) is 24.6 Å². The Kier molecular flexibility index (Phi) is 6.21. The number of thiazole rings is 1. The van der Waals surface area contributed by atoms with E-state index in [1.54, 1.807) is 12.6 Å². The van der Waals surface area contributed by atoms with Crippen molar-refractivity contribution in [2.75, 3.05) is 7.11 Å². The van der Waals surface area contributed by atoms with Crippen LogP contribution < -0.4 is 10.6 Å². The molecule has 2 aromatic rings. The molecule has 2 aromatic heterocycles. The number of hydrogen-bond acceptors (Lipinski definition) is 6. The average Bonchev–Trinajstić information content (AvgIpc) is 3.38. The number of ether oxygens (including phenoxy) is 1. The smallest absolute Gasteiger partial charge is 0.268 e. The van der Waals surface area contributed by atoms with Crippen LogP contribution in [0.4, 0.5) is 0 Å². The predicted octanol–water partition coefficient (Wildman–Crippen LogP) is 1.57. The van der Waals surface area contributed by atoms with Crippen molar-refractivity contribution in [2.45, 2.75) is 38.0 Å². The Balaban J connectivity index is 1.53. The van der Waals surface area contributed by atoms with Crippen LogP contribution in [-0.4, -0.2) is 41.0 Å². The molecule has 3 rings (SSSR count). The molecule has 1 fully saturated rings. The van der Waals surface area contributed by atoms with E-state index in [2.05, 4.69) is 20.6 Å². The van der Waals surface area contributed by atoms with Crippen molar-refractivity contribution < 1.29 is 14.3 Å². The van der Waals surface area contributed by atoms with Gasteiger partial charge in [-0.05, 0) is 25.3 Å². The molecular formula is C18H21N5O3S. The summed E-state index contributed by atoms with van der Waals surface area (Å²) in [6.45, 7) is 0.421. The van der Waals surface area contributed by atoms with Gasteiger partial charge < -0.3 is 20.4 Å². The summed E-state index contributed by atoms with van der Waals surface area (Å²) < 4.78 is 5.53. The van der Waals surface area contributed by atoms with E-state index in [0.717, 1.165) is 5.69 Å². The van der Waals surface area contributed by atoms with Gasteiger partial charge in [-0.25, -0.2) is 4.98 Å². The minimum absolute atomic E-state index is 0.0159. The van der Waals surface area contributed by atoms with Crippen molar-refractivity contribution in [3.05, 3.63) is 40.1 Å². The van der Waals surface area contributed by atoms with Gasteiger partial charge in [-0.15, -0.1) is 11.3 Å². The maximum atomic E-state index is 12.4. The second kappa shape index (κ2) is 8.79. The van der Waals surface area contributed by atoms with Gasteiger partial charge in [0.05, 0.1) is 35.5 Å². The quantitative estimate of drug-likeness (QED) is 0.695. The van der Waals surface area contributed by atoms with Crippen molar-refractivity contribution in [3.63, 3.8) is 0 Å². The third-order valence-corrected chi connectivity index (χ3v) is 5.40. The average molecular weight is 387 g/mol. The van der Waals surface area contributed by atoms with Crippen molar-refractivity contribution >= 4 is 23.2 Å². The van der Waals surface area contributed by atoms with E-state index in [4.69, 9.17) is 10.00 Å². The summed E-state index contributed by atoms with van der Waals surface area (Å²) >= 11 is 1.49. The molecule has 1 aliphatic rings. The first kappa shape index (κ1) is 19.1. The minimum atomic E-state index is -0.282. The highest BCUT2D eigenvalue weighted by Gasteiger charge is 2.35. The third-order valence-electron chi connectivity index (χ3n) is 4.77. The summed E-state index contributed by atoms with van der Waals surface area (Å²) in [5.74, 6) is -0.453. The summed E-state index contributed by atoms with van der Waals surface area (Å²) in [5, 5.41) is 16.6. The highest BCUT2D eigenvalue weighted by atomic mass is 32.1. The Bertz CT molecular complexity index is 826. The van der Waals surface area contributed by atoms with E-state index in [0.29, 0.717) is 37.1 Å². The fourth-order valence-electron chi connectivity index (χ4n) is 3.28. The maximum absolute atomic E-state index is 12.4. The molecule has 142 valence electrons. The summed E-state index contributed by atoms with van der Waals surface area (Å²) in [6.07, 6.45) is 3.10. The second-order valence-electron chi connectivity index (χ2n) is 6.48. The summed E-state index contributed by atoms with van der Waals surface area (Å²) in [7, 11) is 1.59. The van der Waals surface area contributed by atoms with Crippen molar-refractivity contribution in [2.24, 2.45) is 5.92 Å². The van der Waals surface area contributed by atoms with Crippen molar-refractivity contribution in [3.8, 4) is 6.07 Å². The molecule has 0 aliphatic heterocycles. The SMILES string of the molecule is CO[C@@H]1C[C@@H](C(=O)NCc2cscn2)CC[C@H]1NC(=O)c1cc(C#N)c[nH]1. The molecule has 3 atom stereocenters. The van der Waals surface area contributed by atoms with E-state index >= 15 is 0 Å². The fourth-order valence-corrected chi connectivity index (χ4v) is 3.83. The van der Waals surface area contributed by atoms with Crippen LogP contribution in [0, 0.1) is 17.2 Å². The molecule has 0 saturated heterocycles. The molecule has 1 saturated carbocycles. The molecule has 0 radical (unpaired) electrons. The second-order valence-corrected chi connectivity index (χ2v) is 7.19. The number of nitrogens with one attached hydrogen (secondary N) is 3. The largest absolute Gasteiger partial charge is 0.379 e. The van der Waals surface area contributed by atoms with Gasteiger partial charge in [-0.3, -0.25) is 9.59 Å². The lowest BCUT2D eigenvalue weighted by Gasteiger charge is -2.35. The Labute approximate surface area is 160 Å². The van der Waals surface area contributed by atoms with Gasteiger partial charge in [0.25, 0.3) is 5.91 Å². The number of nitrogens with zero attached hydrogens (tertiary/aromatic N) is 2. The lowest BCUT2D eigenvalue weighted by Crippen LogP contribution is -2.49. The molecule has 27 heavy (non-hydrogen) atoms. The molecule has 0 bridgehead atoms. The van der Waals surface area contributed by atoms with E-state index in [1.807, 2.05) is 11.4 Å². The van der Waals surface area contributed by atoms with Gasteiger partial charge in [-0.1, -0.05) is 0 Å². The predicted molar refractivity (Wildman–Crippen MR) is 98.9 cm³/mol. The van der Waals surface area contributed by atoms with Crippen LogP contribution in [0.2, 0.25) is 0 Å². The number of nitriles is 1. The molecule has 8 nitrogen and oxygen atoms in total. The number of carbonyl (C=O) groups excluding carboxylic acids is 2. The summed E-state index contributed by atoms with van der Waals surface area (Å²) in [5.41, 5.74) is 3.33. The van der Waals surface area contributed by atoms with Gasteiger partial charge in [0.15, 0.2) is 0 Å². The van der Waals surface area contributed by atoms with Crippen LogP contribution in [0.15, 0.2) is 23.2 Å². The highest BCUT2D eigenvalue weighted by Crippen LogP contribution is 2.27. The van der Waals surface area contributed by atoms with E-state index in [9.17, 15) is 9.59 Å². The number of H-pyrrole nitrogens is 1. The van der Waals surface area contributed by atoms with E-state index in [1.165, 1.54) is 23.6 Å². The molecule has 0 aromatic carbocycles. The Morgan fingerprint density at radius 2 is 2.33 bits per heavy atom. The Hall–Kier alpha value is -2.70. The topological polar surface area (TPSA) is 120 Å². The number of rotatable bonds is 6. The molecule has 2 amide bonds. The van der Waals surface area contributed by atoms with Crippen LogP contribution in [0.1, 0.15) is 41.0 Å². The zero-order valence-electron chi connectivity index (χ0n) is 14.9. The molecular weight excluding hydrogens is 366 g/mol.